The molecule has 0 amide bonds. The average Bonchev–Trinajstić information content (AvgIpc) is 3.26. The monoisotopic (exact) mass is 382 g/mol. The molecule has 7 heteroatoms. The summed E-state index contributed by atoms with van der Waals surface area (Å²) in [6.45, 7) is 3.00. The van der Waals surface area contributed by atoms with E-state index in [-0.39, 0.29) is 4.90 Å². The van der Waals surface area contributed by atoms with Gasteiger partial charge in [-0.05, 0) is 42.7 Å². The number of rotatable bonds is 6. The molecule has 0 atom stereocenters. The Bertz CT molecular complexity index is 1060. The molecule has 0 unspecified atom stereocenters. The molecule has 0 radical (unpaired) electrons. The third-order valence-electron chi connectivity index (χ3n) is 4.75. The number of nitrogens with one attached hydrogen (secondary N) is 1. The van der Waals surface area contributed by atoms with E-state index < -0.39 is 10.0 Å². The topological polar surface area (TPSA) is 76.9 Å². The fourth-order valence-electron chi connectivity index (χ4n) is 3.42. The van der Waals surface area contributed by atoms with Crippen molar-refractivity contribution in [2.75, 3.05) is 4.72 Å². The van der Waals surface area contributed by atoms with Gasteiger partial charge in [-0.3, -0.25) is 4.72 Å². The van der Waals surface area contributed by atoms with Crippen LogP contribution < -0.4 is 4.72 Å². The summed E-state index contributed by atoms with van der Waals surface area (Å²) in [5.74, 6) is 1.77. The highest BCUT2D eigenvalue weighted by Gasteiger charge is 2.19. The largest absolute Gasteiger partial charge is 0.311 e. The molecule has 0 saturated carbocycles. The van der Waals surface area contributed by atoms with E-state index in [1.54, 1.807) is 24.3 Å². The Morgan fingerprint density at radius 3 is 2.70 bits per heavy atom. The second-order valence-electron chi connectivity index (χ2n) is 6.78. The van der Waals surface area contributed by atoms with E-state index in [2.05, 4.69) is 26.4 Å². The van der Waals surface area contributed by atoms with Crippen molar-refractivity contribution < 1.29 is 8.42 Å². The number of aromatic nitrogens is 3. The van der Waals surface area contributed by atoms with Crippen LogP contribution in [0.15, 0.2) is 53.4 Å². The van der Waals surface area contributed by atoms with Crippen LogP contribution in [0.1, 0.15) is 31.2 Å². The number of sulfonamides is 1. The molecule has 0 aliphatic carbocycles. The Morgan fingerprint density at radius 2 is 1.93 bits per heavy atom. The highest BCUT2D eigenvalue weighted by molar-refractivity contribution is 7.92. The van der Waals surface area contributed by atoms with Crippen molar-refractivity contribution in [3.05, 3.63) is 59.9 Å². The molecule has 2 aromatic carbocycles. The van der Waals surface area contributed by atoms with E-state index in [1.807, 2.05) is 24.3 Å². The Kier molecular flexibility index (Phi) is 4.70. The summed E-state index contributed by atoms with van der Waals surface area (Å²) in [4.78, 5) is 0.260. The first-order chi connectivity index (χ1) is 13.1. The summed E-state index contributed by atoms with van der Waals surface area (Å²) in [5.41, 5.74) is 2.51. The minimum Gasteiger partial charge on any atom is -0.311 e. The number of fused-ring (bicyclic) bond motifs is 1. The summed E-state index contributed by atoms with van der Waals surface area (Å²) in [5, 5.41) is 8.49. The molecule has 0 saturated heterocycles. The summed E-state index contributed by atoms with van der Waals surface area (Å²) < 4.78 is 30.2. The molecule has 0 fully saturated rings. The molecule has 1 aliphatic rings. The van der Waals surface area contributed by atoms with Crippen LogP contribution in [-0.4, -0.2) is 23.2 Å². The lowest BCUT2D eigenvalue weighted by atomic mass is 10.1. The van der Waals surface area contributed by atoms with Crippen LogP contribution in [0.5, 0.6) is 0 Å². The first kappa shape index (κ1) is 17.7. The van der Waals surface area contributed by atoms with Gasteiger partial charge in [0.05, 0.1) is 4.90 Å². The summed E-state index contributed by atoms with van der Waals surface area (Å²) >= 11 is 0. The Balaban J connectivity index is 1.58. The molecular weight excluding hydrogens is 360 g/mol. The number of nitrogens with zero attached hydrogens (tertiary/aromatic N) is 3. The maximum atomic E-state index is 12.7. The van der Waals surface area contributed by atoms with Crippen molar-refractivity contribution in [1.29, 1.82) is 0 Å². The zero-order valence-electron chi connectivity index (χ0n) is 15.2. The normalized spacial score (nSPS) is 13.5. The zero-order chi connectivity index (χ0) is 18.9. The smallest absolute Gasteiger partial charge is 0.261 e. The van der Waals surface area contributed by atoms with Gasteiger partial charge < -0.3 is 4.57 Å². The van der Waals surface area contributed by atoms with E-state index in [4.69, 9.17) is 0 Å². The second-order valence-corrected chi connectivity index (χ2v) is 8.46. The number of hydrogen-bond acceptors (Lipinski definition) is 4. The van der Waals surface area contributed by atoms with Crippen molar-refractivity contribution in [3.8, 4) is 11.4 Å². The molecule has 1 aliphatic heterocycles. The summed E-state index contributed by atoms with van der Waals surface area (Å²) in [7, 11) is -3.63. The van der Waals surface area contributed by atoms with Gasteiger partial charge >= 0.3 is 0 Å². The Hall–Kier alpha value is -2.67. The van der Waals surface area contributed by atoms with Crippen molar-refractivity contribution in [1.82, 2.24) is 14.8 Å². The van der Waals surface area contributed by atoms with Crippen LogP contribution in [0.3, 0.4) is 0 Å². The lowest BCUT2D eigenvalue weighted by molar-refractivity contribution is 0.601. The van der Waals surface area contributed by atoms with Gasteiger partial charge in [0.15, 0.2) is 5.82 Å². The third-order valence-corrected chi connectivity index (χ3v) is 6.15. The molecule has 6 nitrogen and oxygen atoms in total. The highest BCUT2D eigenvalue weighted by Crippen LogP contribution is 2.26. The van der Waals surface area contributed by atoms with E-state index in [9.17, 15) is 8.42 Å². The number of anilines is 1. The minimum atomic E-state index is -3.63. The lowest BCUT2D eigenvalue weighted by Gasteiger charge is -2.10. The van der Waals surface area contributed by atoms with Gasteiger partial charge in [-0.2, -0.15) is 0 Å². The molecule has 2 heterocycles. The molecule has 4 rings (SSSR count). The standard InChI is InChI=1S/C20H22N4O2S/c1-2-5-15-9-11-18(12-10-15)27(25,26)23-17-7-3-6-16(14-17)20-22-21-19-8-4-13-24(19)20/h3,6-7,9-12,14,23H,2,4-5,8,13H2,1H3. The summed E-state index contributed by atoms with van der Waals surface area (Å²) in [6, 6.07) is 14.3. The number of benzene rings is 2. The van der Waals surface area contributed by atoms with Gasteiger partial charge in [0.2, 0.25) is 0 Å². The van der Waals surface area contributed by atoms with Crippen LogP contribution in [-0.2, 0) is 29.4 Å². The zero-order valence-corrected chi connectivity index (χ0v) is 16.0. The molecular formula is C20H22N4O2S. The van der Waals surface area contributed by atoms with Crippen LogP contribution in [0.25, 0.3) is 11.4 Å². The van der Waals surface area contributed by atoms with Gasteiger partial charge in [0.1, 0.15) is 5.82 Å². The number of aryl methyl sites for hydroxylation is 2. The first-order valence-corrected chi connectivity index (χ1v) is 10.7. The van der Waals surface area contributed by atoms with Crippen LogP contribution >= 0.6 is 0 Å². The van der Waals surface area contributed by atoms with Crippen LogP contribution in [0, 0.1) is 0 Å². The lowest BCUT2D eigenvalue weighted by Crippen LogP contribution is -2.13. The van der Waals surface area contributed by atoms with E-state index in [1.165, 1.54) is 0 Å². The Morgan fingerprint density at radius 1 is 1.11 bits per heavy atom. The predicted molar refractivity (Wildman–Crippen MR) is 105 cm³/mol. The summed E-state index contributed by atoms with van der Waals surface area (Å²) in [6.07, 6.45) is 3.98. The quantitative estimate of drug-likeness (QED) is 0.706. The van der Waals surface area contributed by atoms with Gasteiger partial charge in [0, 0.05) is 24.2 Å². The first-order valence-electron chi connectivity index (χ1n) is 9.21. The minimum absolute atomic E-state index is 0.260. The van der Waals surface area contributed by atoms with Gasteiger partial charge in [-0.25, -0.2) is 8.42 Å². The van der Waals surface area contributed by atoms with Crippen molar-refractivity contribution in [2.24, 2.45) is 0 Å². The van der Waals surface area contributed by atoms with E-state index in [0.29, 0.717) is 5.69 Å². The number of hydrogen-bond donors (Lipinski definition) is 1. The van der Waals surface area contributed by atoms with Crippen LogP contribution in [0.2, 0.25) is 0 Å². The van der Waals surface area contributed by atoms with Crippen molar-refractivity contribution in [2.45, 2.75) is 44.0 Å². The maximum Gasteiger partial charge on any atom is 0.261 e. The molecule has 1 N–H and O–H groups in total. The van der Waals surface area contributed by atoms with E-state index >= 15 is 0 Å². The third kappa shape index (κ3) is 3.60. The van der Waals surface area contributed by atoms with Crippen LogP contribution in [0.4, 0.5) is 5.69 Å². The molecule has 3 aromatic rings. The highest BCUT2D eigenvalue weighted by atomic mass is 32.2. The SMILES string of the molecule is CCCc1ccc(S(=O)(=O)Nc2cccc(-c3nnc4n3CCC4)c2)cc1. The fourth-order valence-corrected chi connectivity index (χ4v) is 4.47. The van der Waals surface area contributed by atoms with Gasteiger partial charge in [-0.1, -0.05) is 37.6 Å². The average molecular weight is 382 g/mol. The Labute approximate surface area is 159 Å². The molecule has 0 spiro atoms. The van der Waals surface area contributed by atoms with Crippen molar-refractivity contribution >= 4 is 15.7 Å². The fraction of sp³-hybridized carbons (Fsp3) is 0.300. The molecule has 0 bridgehead atoms. The second kappa shape index (κ2) is 7.15. The molecule has 1 aromatic heterocycles. The van der Waals surface area contributed by atoms with Crippen molar-refractivity contribution in [3.63, 3.8) is 0 Å². The predicted octanol–water partition coefficient (Wildman–Crippen LogP) is 3.64. The maximum absolute atomic E-state index is 12.7. The van der Waals surface area contributed by atoms with E-state index in [0.717, 1.165) is 55.0 Å². The van der Waals surface area contributed by atoms with Gasteiger partial charge in [-0.15, -0.1) is 10.2 Å². The molecule has 140 valence electrons. The molecule has 27 heavy (non-hydrogen) atoms. The van der Waals surface area contributed by atoms with Gasteiger partial charge in [0.25, 0.3) is 10.0 Å².